The minimum absolute atomic E-state index is 0.0299. The Hall–Kier alpha value is -1.59. The number of carbonyl (C=O) groups excluding carboxylic acids is 1. The third-order valence-corrected chi connectivity index (χ3v) is 5.72. The van der Waals surface area contributed by atoms with Crippen LogP contribution in [0.2, 0.25) is 0 Å². The summed E-state index contributed by atoms with van der Waals surface area (Å²) >= 11 is 0. The molecule has 3 atom stereocenters. The average molecular weight is 345 g/mol. The van der Waals surface area contributed by atoms with Gasteiger partial charge in [0.05, 0.1) is 6.10 Å². The third-order valence-electron chi connectivity index (χ3n) is 5.72. The summed E-state index contributed by atoms with van der Waals surface area (Å²) in [6.45, 7) is 4.11. The zero-order valence-electron chi connectivity index (χ0n) is 15.4. The van der Waals surface area contributed by atoms with Gasteiger partial charge in [0, 0.05) is 43.9 Å². The molecule has 0 unspecified atom stereocenters. The fourth-order valence-electron chi connectivity index (χ4n) is 4.13. The van der Waals surface area contributed by atoms with Crippen molar-refractivity contribution in [1.82, 2.24) is 5.32 Å². The molecule has 1 aromatic carbocycles. The van der Waals surface area contributed by atoms with Crippen molar-refractivity contribution in [1.29, 1.82) is 0 Å². The summed E-state index contributed by atoms with van der Waals surface area (Å²) in [5, 5.41) is 3.26. The number of hydrogen-bond donors (Lipinski definition) is 2. The lowest BCUT2D eigenvalue weighted by molar-refractivity contribution is -0.128. The number of methoxy groups -OCH3 is 1. The Balaban J connectivity index is 1.47. The maximum absolute atomic E-state index is 12.6. The summed E-state index contributed by atoms with van der Waals surface area (Å²) in [5.74, 6) is 0.218. The third kappa shape index (κ3) is 4.53. The number of hydrogen-bond acceptors (Lipinski definition) is 4. The van der Waals surface area contributed by atoms with Gasteiger partial charge in [-0.15, -0.1) is 0 Å². The number of nitrogens with one attached hydrogen (secondary N) is 1. The van der Waals surface area contributed by atoms with Crippen LogP contribution in [0.3, 0.4) is 0 Å². The van der Waals surface area contributed by atoms with E-state index in [-0.39, 0.29) is 30.0 Å². The first-order valence-electron chi connectivity index (χ1n) is 9.47. The number of rotatable bonds is 4. The van der Waals surface area contributed by atoms with Crippen LogP contribution in [0.15, 0.2) is 24.3 Å². The molecule has 138 valence electrons. The summed E-state index contributed by atoms with van der Waals surface area (Å²) in [5.41, 5.74) is 8.71. The molecule has 5 nitrogen and oxygen atoms in total. The highest BCUT2D eigenvalue weighted by atomic mass is 16.5. The first-order valence-corrected chi connectivity index (χ1v) is 9.47. The van der Waals surface area contributed by atoms with Crippen molar-refractivity contribution in [2.24, 2.45) is 11.7 Å². The predicted molar refractivity (Wildman–Crippen MR) is 101 cm³/mol. The van der Waals surface area contributed by atoms with E-state index in [1.807, 2.05) is 0 Å². The number of carbonyl (C=O) groups is 1. The number of aryl methyl sites for hydroxylation is 1. The van der Waals surface area contributed by atoms with Gasteiger partial charge in [-0.2, -0.15) is 0 Å². The number of piperidine rings is 1. The fourth-order valence-corrected chi connectivity index (χ4v) is 4.13. The zero-order valence-corrected chi connectivity index (χ0v) is 15.4. The lowest BCUT2D eigenvalue weighted by atomic mass is 9.83. The highest BCUT2D eigenvalue weighted by Crippen LogP contribution is 2.26. The van der Waals surface area contributed by atoms with Crippen molar-refractivity contribution in [2.75, 3.05) is 25.1 Å². The molecule has 1 amide bonds. The molecule has 0 aromatic heterocycles. The van der Waals surface area contributed by atoms with Crippen molar-refractivity contribution in [3.63, 3.8) is 0 Å². The van der Waals surface area contributed by atoms with E-state index in [0.29, 0.717) is 0 Å². The molecule has 25 heavy (non-hydrogen) atoms. The van der Waals surface area contributed by atoms with Crippen LogP contribution in [-0.4, -0.2) is 44.3 Å². The molecule has 5 heteroatoms. The molecule has 1 saturated heterocycles. The van der Waals surface area contributed by atoms with Gasteiger partial charge in [0.2, 0.25) is 5.91 Å². The molecular formula is C20H31N3O2. The van der Waals surface area contributed by atoms with Crippen LogP contribution >= 0.6 is 0 Å². The Morgan fingerprint density at radius 3 is 2.64 bits per heavy atom. The topological polar surface area (TPSA) is 67.6 Å². The molecule has 0 bridgehead atoms. The second kappa shape index (κ2) is 8.19. The van der Waals surface area contributed by atoms with Crippen molar-refractivity contribution in [2.45, 2.75) is 57.2 Å². The second-order valence-electron chi connectivity index (χ2n) is 7.56. The number of nitrogens with zero attached hydrogens (tertiary/aromatic N) is 1. The van der Waals surface area contributed by atoms with Gasteiger partial charge in [-0.1, -0.05) is 12.1 Å². The summed E-state index contributed by atoms with van der Waals surface area (Å²) in [6, 6.07) is 8.89. The maximum atomic E-state index is 12.6. The highest BCUT2D eigenvalue weighted by Gasteiger charge is 2.33. The Kier molecular flexibility index (Phi) is 5.97. The van der Waals surface area contributed by atoms with Gasteiger partial charge < -0.3 is 20.7 Å². The van der Waals surface area contributed by atoms with Crippen LogP contribution < -0.4 is 16.0 Å². The monoisotopic (exact) mass is 345 g/mol. The SMILES string of the molecule is CO[C@@H]1CC[C@H](C(=O)NC2CCN(c3cccc(C)c3)CC2)C[C@H]1N. The van der Waals surface area contributed by atoms with E-state index in [2.05, 4.69) is 41.4 Å². The van der Waals surface area contributed by atoms with E-state index >= 15 is 0 Å². The maximum Gasteiger partial charge on any atom is 0.223 e. The molecule has 3 rings (SSSR count). The minimum Gasteiger partial charge on any atom is -0.380 e. The van der Waals surface area contributed by atoms with E-state index < -0.39 is 0 Å². The lowest BCUT2D eigenvalue weighted by Gasteiger charge is -2.36. The molecule has 2 fully saturated rings. The van der Waals surface area contributed by atoms with E-state index in [1.54, 1.807) is 7.11 Å². The summed E-state index contributed by atoms with van der Waals surface area (Å²) in [7, 11) is 1.70. The van der Waals surface area contributed by atoms with Crippen molar-refractivity contribution < 1.29 is 9.53 Å². The van der Waals surface area contributed by atoms with Crippen LogP contribution in [0.5, 0.6) is 0 Å². The molecule has 0 radical (unpaired) electrons. The van der Waals surface area contributed by atoms with Crippen molar-refractivity contribution >= 4 is 11.6 Å². The van der Waals surface area contributed by atoms with E-state index in [4.69, 9.17) is 10.5 Å². The van der Waals surface area contributed by atoms with Crippen LogP contribution in [0.1, 0.15) is 37.7 Å². The van der Waals surface area contributed by atoms with Gasteiger partial charge in [-0.3, -0.25) is 4.79 Å². The summed E-state index contributed by atoms with van der Waals surface area (Å²) < 4.78 is 5.38. The zero-order chi connectivity index (χ0) is 17.8. The highest BCUT2D eigenvalue weighted by molar-refractivity contribution is 5.79. The number of nitrogens with two attached hydrogens (primary N) is 1. The van der Waals surface area contributed by atoms with E-state index in [0.717, 1.165) is 45.2 Å². The Morgan fingerprint density at radius 2 is 2.00 bits per heavy atom. The van der Waals surface area contributed by atoms with Gasteiger partial charge in [-0.25, -0.2) is 0 Å². The largest absolute Gasteiger partial charge is 0.380 e. The van der Waals surface area contributed by atoms with Gasteiger partial charge in [-0.05, 0) is 56.7 Å². The molecule has 1 saturated carbocycles. The number of anilines is 1. The lowest BCUT2D eigenvalue weighted by Crippen LogP contribution is -2.49. The number of ether oxygens (including phenoxy) is 1. The van der Waals surface area contributed by atoms with Crippen LogP contribution in [-0.2, 0) is 9.53 Å². The summed E-state index contributed by atoms with van der Waals surface area (Å²) in [4.78, 5) is 15.0. The van der Waals surface area contributed by atoms with Crippen LogP contribution in [0.4, 0.5) is 5.69 Å². The van der Waals surface area contributed by atoms with Crippen molar-refractivity contribution in [3.8, 4) is 0 Å². The molecule has 2 aliphatic rings. The molecular weight excluding hydrogens is 314 g/mol. The summed E-state index contributed by atoms with van der Waals surface area (Å²) in [6.07, 6.45) is 4.58. The van der Waals surface area contributed by atoms with E-state index in [9.17, 15) is 4.79 Å². The quantitative estimate of drug-likeness (QED) is 0.878. The van der Waals surface area contributed by atoms with Crippen molar-refractivity contribution in [3.05, 3.63) is 29.8 Å². The molecule has 3 N–H and O–H groups in total. The van der Waals surface area contributed by atoms with Gasteiger partial charge in [0.15, 0.2) is 0 Å². The van der Waals surface area contributed by atoms with Crippen LogP contribution in [0, 0.1) is 12.8 Å². The van der Waals surface area contributed by atoms with Crippen LogP contribution in [0.25, 0.3) is 0 Å². The van der Waals surface area contributed by atoms with Gasteiger partial charge >= 0.3 is 0 Å². The fraction of sp³-hybridized carbons (Fsp3) is 0.650. The minimum atomic E-state index is -0.0299. The normalized spacial score (nSPS) is 28.0. The second-order valence-corrected chi connectivity index (χ2v) is 7.56. The molecule has 1 aliphatic heterocycles. The van der Waals surface area contributed by atoms with Gasteiger partial charge in [0.1, 0.15) is 0 Å². The Bertz CT molecular complexity index is 584. The Labute approximate surface area is 150 Å². The standard InChI is InChI=1S/C20H31N3O2/c1-14-4-3-5-17(12-14)23-10-8-16(9-11-23)22-20(24)15-6-7-19(25-2)18(21)13-15/h3-5,12,15-16,18-19H,6-11,13,21H2,1-2H3,(H,22,24)/t15-,18+,19+/m0/s1. The smallest absolute Gasteiger partial charge is 0.223 e. The first kappa shape index (κ1) is 18.2. The predicted octanol–water partition coefficient (Wildman–Crippen LogP) is 2.22. The van der Waals surface area contributed by atoms with E-state index in [1.165, 1.54) is 11.3 Å². The Morgan fingerprint density at radius 1 is 1.24 bits per heavy atom. The molecule has 1 heterocycles. The number of amides is 1. The first-order chi connectivity index (χ1) is 12.1. The molecule has 1 aliphatic carbocycles. The number of benzene rings is 1. The molecule has 1 aromatic rings. The van der Waals surface area contributed by atoms with Gasteiger partial charge in [0.25, 0.3) is 0 Å². The average Bonchev–Trinajstić information content (AvgIpc) is 2.62. The molecule has 0 spiro atoms.